The Morgan fingerprint density at radius 3 is 2.74 bits per heavy atom. The van der Waals surface area contributed by atoms with Crippen LogP contribution in [0.25, 0.3) is 11.4 Å². The van der Waals surface area contributed by atoms with E-state index < -0.39 is 10.0 Å². The van der Waals surface area contributed by atoms with E-state index in [1.807, 2.05) is 6.92 Å². The van der Waals surface area contributed by atoms with Crippen LogP contribution in [0.5, 0.6) is 0 Å². The van der Waals surface area contributed by atoms with E-state index in [9.17, 15) is 8.42 Å². The predicted octanol–water partition coefficient (Wildman–Crippen LogP) is 3.24. The van der Waals surface area contributed by atoms with Gasteiger partial charge in [0.05, 0.1) is 11.6 Å². The average molecular weight is 370 g/mol. The molecule has 6 nitrogen and oxygen atoms in total. The SMILES string of the molecule is Cc1ccc(S(=O)(=O)NCc2nc(-c3ccccc3Cl)no2)s1. The molecule has 0 amide bonds. The molecule has 0 saturated heterocycles. The zero-order valence-corrected chi connectivity index (χ0v) is 14.4. The van der Waals surface area contributed by atoms with Crippen molar-refractivity contribution in [1.82, 2.24) is 14.9 Å². The molecule has 23 heavy (non-hydrogen) atoms. The first-order chi connectivity index (χ1) is 11.0. The lowest BCUT2D eigenvalue weighted by Crippen LogP contribution is -2.22. The van der Waals surface area contributed by atoms with Crippen molar-refractivity contribution in [2.24, 2.45) is 0 Å². The number of benzene rings is 1. The van der Waals surface area contributed by atoms with Gasteiger partial charge in [-0.05, 0) is 31.2 Å². The summed E-state index contributed by atoms with van der Waals surface area (Å²) in [6, 6.07) is 10.4. The lowest BCUT2D eigenvalue weighted by atomic mass is 10.2. The zero-order valence-electron chi connectivity index (χ0n) is 12.0. The van der Waals surface area contributed by atoms with Crippen LogP contribution in [0.2, 0.25) is 5.02 Å². The topological polar surface area (TPSA) is 85.1 Å². The van der Waals surface area contributed by atoms with Gasteiger partial charge in [0.15, 0.2) is 0 Å². The van der Waals surface area contributed by atoms with Crippen molar-refractivity contribution >= 4 is 33.0 Å². The van der Waals surface area contributed by atoms with E-state index in [1.165, 1.54) is 11.3 Å². The number of aromatic nitrogens is 2. The minimum atomic E-state index is -3.59. The molecule has 0 aliphatic heterocycles. The third-order valence-corrected chi connectivity index (χ3v) is 6.20. The molecule has 3 aromatic rings. The van der Waals surface area contributed by atoms with Crippen molar-refractivity contribution in [3.05, 3.63) is 52.2 Å². The lowest BCUT2D eigenvalue weighted by Gasteiger charge is -2.00. The first kappa shape index (κ1) is 16.1. The number of rotatable bonds is 5. The molecule has 0 spiro atoms. The molecule has 0 aliphatic rings. The summed E-state index contributed by atoms with van der Waals surface area (Å²) in [4.78, 5) is 5.08. The van der Waals surface area contributed by atoms with E-state index in [0.29, 0.717) is 16.4 Å². The summed E-state index contributed by atoms with van der Waals surface area (Å²) >= 11 is 7.27. The summed E-state index contributed by atoms with van der Waals surface area (Å²) in [7, 11) is -3.59. The Hall–Kier alpha value is -1.74. The van der Waals surface area contributed by atoms with Gasteiger partial charge in [-0.25, -0.2) is 13.1 Å². The van der Waals surface area contributed by atoms with Gasteiger partial charge in [0.25, 0.3) is 10.0 Å². The van der Waals surface area contributed by atoms with Gasteiger partial charge in [0.1, 0.15) is 4.21 Å². The fourth-order valence-corrected chi connectivity index (χ4v) is 4.39. The summed E-state index contributed by atoms with van der Waals surface area (Å²) in [5.74, 6) is 0.480. The number of halogens is 1. The van der Waals surface area contributed by atoms with Crippen molar-refractivity contribution in [2.45, 2.75) is 17.7 Å². The molecule has 0 atom stereocenters. The molecule has 0 saturated carbocycles. The highest BCUT2D eigenvalue weighted by atomic mass is 35.5. The van der Waals surface area contributed by atoms with Crippen LogP contribution >= 0.6 is 22.9 Å². The first-order valence-electron chi connectivity index (χ1n) is 6.59. The summed E-state index contributed by atoms with van der Waals surface area (Å²) in [6.45, 7) is 1.76. The molecule has 2 heterocycles. The Morgan fingerprint density at radius 2 is 2.04 bits per heavy atom. The highest BCUT2D eigenvalue weighted by Gasteiger charge is 2.18. The number of nitrogens with zero attached hydrogens (tertiary/aromatic N) is 2. The van der Waals surface area contributed by atoms with Crippen LogP contribution in [0.1, 0.15) is 10.8 Å². The van der Waals surface area contributed by atoms with Crippen LogP contribution in [-0.4, -0.2) is 18.6 Å². The normalized spacial score (nSPS) is 11.7. The highest BCUT2D eigenvalue weighted by molar-refractivity contribution is 7.91. The largest absolute Gasteiger partial charge is 0.338 e. The standard InChI is InChI=1S/C14H12ClN3O3S2/c1-9-6-7-13(22-9)23(19,20)16-8-12-17-14(18-21-12)10-4-2-3-5-11(10)15/h2-7,16H,8H2,1H3. The number of thiophene rings is 1. The van der Waals surface area contributed by atoms with E-state index in [-0.39, 0.29) is 16.6 Å². The van der Waals surface area contributed by atoms with Gasteiger partial charge in [0.2, 0.25) is 11.7 Å². The van der Waals surface area contributed by atoms with Crippen molar-refractivity contribution in [2.75, 3.05) is 0 Å². The molecule has 0 bridgehead atoms. The molecule has 1 N–H and O–H groups in total. The van der Waals surface area contributed by atoms with Gasteiger partial charge in [-0.15, -0.1) is 11.3 Å². The molecule has 2 aromatic heterocycles. The highest BCUT2D eigenvalue weighted by Crippen LogP contribution is 2.25. The third-order valence-electron chi connectivity index (χ3n) is 2.98. The van der Waals surface area contributed by atoms with Crippen LogP contribution in [0, 0.1) is 6.92 Å². The molecular formula is C14H12ClN3O3S2. The van der Waals surface area contributed by atoms with Crippen molar-refractivity contribution < 1.29 is 12.9 Å². The molecule has 0 unspecified atom stereocenters. The minimum absolute atomic E-state index is 0.0866. The third kappa shape index (κ3) is 3.61. The molecule has 9 heteroatoms. The van der Waals surface area contributed by atoms with Gasteiger partial charge >= 0.3 is 0 Å². The number of hydrogen-bond donors (Lipinski definition) is 1. The molecule has 0 fully saturated rings. The van der Waals surface area contributed by atoms with Crippen LogP contribution in [-0.2, 0) is 16.6 Å². The second kappa shape index (κ2) is 6.40. The molecule has 3 rings (SSSR count). The molecule has 0 aliphatic carbocycles. The van der Waals surface area contributed by atoms with Gasteiger partial charge in [0, 0.05) is 10.4 Å². The van der Waals surface area contributed by atoms with Crippen LogP contribution < -0.4 is 4.72 Å². The van der Waals surface area contributed by atoms with E-state index in [0.717, 1.165) is 4.88 Å². The smallest absolute Gasteiger partial charge is 0.250 e. The number of aryl methyl sites for hydroxylation is 1. The number of nitrogens with one attached hydrogen (secondary N) is 1. The van der Waals surface area contributed by atoms with Gasteiger partial charge in [-0.3, -0.25) is 0 Å². The summed E-state index contributed by atoms with van der Waals surface area (Å²) < 4.78 is 32.0. The van der Waals surface area contributed by atoms with E-state index in [4.69, 9.17) is 16.1 Å². The van der Waals surface area contributed by atoms with Crippen molar-refractivity contribution in [3.63, 3.8) is 0 Å². The second-order valence-electron chi connectivity index (χ2n) is 4.68. The number of hydrogen-bond acceptors (Lipinski definition) is 6. The first-order valence-corrected chi connectivity index (χ1v) is 9.27. The summed E-state index contributed by atoms with van der Waals surface area (Å²) in [6.07, 6.45) is 0. The average Bonchev–Trinajstić information content (AvgIpc) is 3.15. The zero-order chi connectivity index (χ0) is 16.4. The van der Waals surface area contributed by atoms with E-state index in [1.54, 1.807) is 36.4 Å². The van der Waals surface area contributed by atoms with Crippen molar-refractivity contribution in [1.29, 1.82) is 0 Å². The molecular weight excluding hydrogens is 358 g/mol. The molecule has 0 radical (unpaired) electrons. The Kier molecular flexibility index (Phi) is 4.49. The van der Waals surface area contributed by atoms with Gasteiger partial charge < -0.3 is 4.52 Å². The maximum absolute atomic E-state index is 12.1. The Morgan fingerprint density at radius 1 is 1.26 bits per heavy atom. The number of sulfonamides is 1. The maximum atomic E-state index is 12.1. The minimum Gasteiger partial charge on any atom is -0.338 e. The molecule has 120 valence electrons. The van der Waals surface area contributed by atoms with Crippen LogP contribution in [0.3, 0.4) is 0 Å². The summed E-state index contributed by atoms with van der Waals surface area (Å²) in [5.41, 5.74) is 0.626. The molecule has 1 aromatic carbocycles. The van der Waals surface area contributed by atoms with Crippen LogP contribution in [0.4, 0.5) is 0 Å². The predicted molar refractivity (Wildman–Crippen MR) is 87.8 cm³/mol. The quantitative estimate of drug-likeness (QED) is 0.746. The fourth-order valence-electron chi connectivity index (χ4n) is 1.86. The Labute approximate surface area is 142 Å². The monoisotopic (exact) mass is 369 g/mol. The van der Waals surface area contributed by atoms with Gasteiger partial charge in [-0.1, -0.05) is 28.9 Å². The van der Waals surface area contributed by atoms with Crippen LogP contribution in [0.15, 0.2) is 45.1 Å². The Balaban J connectivity index is 1.74. The maximum Gasteiger partial charge on any atom is 0.250 e. The van der Waals surface area contributed by atoms with E-state index >= 15 is 0 Å². The second-order valence-corrected chi connectivity index (χ2v) is 8.37. The van der Waals surface area contributed by atoms with Gasteiger partial charge in [-0.2, -0.15) is 4.98 Å². The summed E-state index contributed by atoms with van der Waals surface area (Å²) in [5, 5.41) is 4.32. The lowest BCUT2D eigenvalue weighted by molar-refractivity contribution is 0.376. The Bertz CT molecular complexity index is 934. The van der Waals surface area contributed by atoms with E-state index in [2.05, 4.69) is 14.9 Å². The van der Waals surface area contributed by atoms with Crippen molar-refractivity contribution in [3.8, 4) is 11.4 Å². The fraction of sp³-hybridized carbons (Fsp3) is 0.143.